The van der Waals surface area contributed by atoms with E-state index in [0.717, 1.165) is 42.1 Å². The normalized spacial score (nSPS) is 19.1. The Morgan fingerprint density at radius 1 is 1.19 bits per heavy atom. The van der Waals surface area contributed by atoms with Crippen LogP contribution in [0.1, 0.15) is 36.1 Å². The summed E-state index contributed by atoms with van der Waals surface area (Å²) in [6.45, 7) is 6.79. The summed E-state index contributed by atoms with van der Waals surface area (Å²) in [7, 11) is 0. The molecule has 5 heteroatoms. The summed E-state index contributed by atoms with van der Waals surface area (Å²) < 4.78 is 11.7. The molecule has 1 amide bonds. The third kappa shape index (κ3) is 3.93. The smallest absolute Gasteiger partial charge is 0.238 e. The number of rotatable bonds is 3. The Bertz CT molecular complexity index is 849. The Balaban J connectivity index is 1.47. The van der Waals surface area contributed by atoms with Crippen LogP contribution in [0.4, 0.5) is 5.69 Å². The quantitative estimate of drug-likeness (QED) is 0.900. The summed E-state index contributed by atoms with van der Waals surface area (Å²) in [6.07, 6.45) is 1.81. The first-order valence-electron chi connectivity index (χ1n) is 9.63. The zero-order valence-electron chi connectivity index (χ0n) is 16.0. The van der Waals surface area contributed by atoms with Crippen LogP contribution in [-0.2, 0) is 11.2 Å². The van der Waals surface area contributed by atoms with Gasteiger partial charge in [-0.3, -0.25) is 9.69 Å². The van der Waals surface area contributed by atoms with Crippen molar-refractivity contribution in [3.8, 4) is 11.5 Å². The van der Waals surface area contributed by atoms with Crippen molar-refractivity contribution in [1.82, 2.24) is 4.90 Å². The topological polar surface area (TPSA) is 50.8 Å². The van der Waals surface area contributed by atoms with Crippen molar-refractivity contribution in [2.24, 2.45) is 0 Å². The molecular weight excluding hydrogens is 340 g/mol. The number of ether oxygens (including phenoxy) is 2. The van der Waals surface area contributed by atoms with Crippen molar-refractivity contribution in [3.63, 3.8) is 0 Å². The van der Waals surface area contributed by atoms with Crippen LogP contribution in [0.2, 0.25) is 0 Å². The predicted molar refractivity (Wildman–Crippen MR) is 106 cm³/mol. The van der Waals surface area contributed by atoms with E-state index in [4.69, 9.17) is 9.47 Å². The second-order valence-corrected chi connectivity index (χ2v) is 7.36. The number of nitrogens with zero attached hydrogens (tertiary/aromatic N) is 1. The molecule has 1 N–H and O–H groups in total. The number of hydrogen-bond acceptors (Lipinski definition) is 4. The van der Waals surface area contributed by atoms with E-state index in [1.165, 1.54) is 11.1 Å². The third-order valence-electron chi connectivity index (χ3n) is 5.32. The van der Waals surface area contributed by atoms with Crippen LogP contribution in [0.15, 0.2) is 36.4 Å². The summed E-state index contributed by atoms with van der Waals surface area (Å²) in [6, 6.07) is 12.3. The molecular formula is C22H26N2O3. The zero-order chi connectivity index (χ0) is 18.8. The summed E-state index contributed by atoms with van der Waals surface area (Å²) in [5, 5.41) is 3.01. The Hall–Kier alpha value is -2.53. The van der Waals surface area contributed by atoms with Crippen molar-refractivity contribution < 1.29 is 14.3 Å². The molecule has 2 aromatic rings. The lowest BCUT2D eigenvalue weighted by atomic mass is 9.93. The highest BCUT2D eigenvalue weighted by molar-refractivity contribution is 5.92. The number of amides is 1. The van der Waals surface area contributed by atoms with E-state index < -0.39 is 0 Å². The first-order valence-corrected chi connectivity index (χ1v) is 9.63. The lowest BCUT2D eigenvalue weighted by molar-refractivity contribution is -0.117. The molecule has 2 aliphatic heterocycles. The van der Waals surface area contributed by atoms with Gasteiger partial charge in [0.25, 0.3) is 0 Å². The second-order valence-electron chi connectivity index (χ2n) is 7.36. The number of benzene rings is 2. The Kier molecular flexibility index (Phi) is 5.03. The number of anilines is 1. The molecule has 0 bridgehead atoms. The largest absolute Gasteiger partial charge is 0.490 e. The zero-order valence-corrected chi connectivity index (χ0v) is 16.0. The van der Waals surface area contributed by atoms with E-state index in [1.54, 1.807) is 0 Å². The van der Waals surface area contributed by atoms with Crippen LogP contribution in [0.25, 0.3) is 0 Å². The van der Waals surface area contributed by atoms with Crippen LogP contribution in [0, 0.1) is 6.92 Å². The van der Waals surface area contributed by atoms with Crippen molar-refractivity contribution >= 4 is 11.6 Å². The minimum absolute atomic E-state index is 0.0187. The first kappa shape index (κ1) is 17.9. The van der Waals surface area contributed by atoms with Crippen molar-refractivity contribution in [2.45, 2.75) is 32.7 Å². The molecule has 1 atom stereocenters. The van der Waals surface area contributed by atoms with Gasteiger partial charge < -0.3 is 14.8 Å². The maximum Gasteiger partial charge on any atom is 0.238 e. The van der Waals surface area contributed by atoms with Crippen LogP contribution in [-0.4, -0.2) is 37.1 Å². The highest BCUT2D eigenvalue weighted by Gasteiger charge is 2.27. The monoisotopic (exact) mass is 366 g/mol. The van der Waals surface area contributed by atoms with Gasteiger partial charge in [0, 0.05) is 24.7 Å². The maximum absolute atomic E-state index is 12.5. The Morgan fingerprint density at radius 3 is 2.74 bits per heavy atom. The summed E-state index contributed by atoms with van der Waals surface area (Å²) in [4.78, 5) is 14.7. The number of carbonyl (C=O) groups is 1. The minimum atomic E-state index is 0.0187. The van der Waals surface area contributed by atoms with E-state index in [9.17, 15) is 4.79 Å². The number of carbonyl (C=O) groups excluding carboxylic acids is 1. The average Bonchev–Trinajstić information content (AvgIpc) is 2.87. The van der Waals surface area contributed by atoms with Gasteiger partial charge in [0.15, 0.2) is 11.5 Å². The fraction of sp³-hybridized carbons (Fsp3) is 0.409. The molecule has 2 aliphatic rings. The number of aryl methyl sites for hydroxylation is 1. The molecule has 0 aliphatic carbocycles. The molecule has 0 radical (unpaired) electrons. The molecule has 0 spiro atoms. The van der Waals surface area contributed by atoms with Gasteiger partial charge in [0.2, 0.25) is 5.91 Å². The van der Waals surface area contributed by atoms with Crippen molar-refractivity contribution in [3.05, 3.63) is 53.1 Å². The Morgan fingerprint density at radius 2 is 1.96 bits per heavy atom. The maximum atomic E-state index is 12.5. The van der Waals surface area contributed by atoms with E-state index in [1.807, 2.05) is 31.2 Å². The molecule has 4 rings (SSSR count). The molecule has 2 heterocycles. The van der Waals surface area contributed by atoms with Gasteiger partial charge in [-0.2, -0.15) is 0 Å². The van der Waals surface area contributed by atoms with Gasteiger partial charge in [0.1, 0.15) is 0 Å². The van der Waals surface area contributed by atoms with Gasteiger partial charge in [-0.15, -0.1) is 0 Å². The van der Waals surface area contributed by atoms with Gasteiger partial charge >= 0.3 is 0 Å². The summed E-state index contributed by atoms with van der Waals surface area (Å²) in [5.41, 5.74) is 4.51. The summed E-state index contributed by atoms with van der Waals surface area (Å²) >= 11 is 0. The molecule has 142 valence electrons. The average molecular weight is 366 g/mol. The molecule has 0 fully saturated rings. The summed E-state index contributed by atoms with van der Waals surface area (Å²) in [5.74, 6) is 1.69. The standard InChI is InChI=1S/C22H26N2O3/c1-15-5-3-6-18(11-15)23-22(25)14-24-8-7-17-12-20-21(13-19(17)16(24)2)27-10-4-9-26-20/h3,5-6,11-13,16H,4,7-10,14H2,1-2H3,(H,23,25)/t16-/m0/s1. The fourth-order valence-corrected chi connectivity index (χ4v) is 3.85. The third-order valence-corrected chi connectivity index (χ3v) is 5.32. The molecule has 0 saturated carbocycles. The van der Waals surface area contributed by atoms with Crippen molar-refractivity contribution in [2.75, 3.05) is 31.6 Å². The van der Waals surface area contributed by atoms with Crippen LogP contribution in [0.5, 0.6) is 11.5 Å². The lowest BCUT2D eigenvalue weighted by Crippen LogP contribution is -2.39. The van der Waals surface area contributed by atoms with E-state index in [2.05, 4.69) is 29.3 Å². The van der Waals surface area contributed by atoms with E-state index in [0.29, 0.717) is 19.8 Å². The molecule has 27 heavy (non-hydrogen) atoms. The first-order chi connectivity index (χ1) is 13.1. The molecule has 5 nitrogen and oxygen atoms in total. The number of hydrogen-bond donors (Lipinski definition) is 1. The van der Waals surface area contributed by atoms with Crippen LogP contribution >= 0.6 is 0 Å². The van der Waals surface area contributed by atoms with Gasteiger partial charge in [-0.25, -0.2) is 0 Å². The van der Waals surface area contributed by atoms with Crippen molar-refractivity contribution in [1.29, 1.82) is 0 Å². The predicted octanol–water partition coefficient (Wildman–Crippen LogP) is 3.71. The van der Waals surface area contributed by atoms with Gasteiger partial charge in [-0.1, -0.05) is 12.1 Å². The molecule has 0 aromatic heterocycles. The lowest BCUT2D eigenvalue weighted by Gasteiger charge is -2.35. The Labute approximate surface area is 160 Å². The molecule has 0 unspecified atom stereocenters. The van der Waals surface area contributed by atoms with Crippen LogP contribution < -0.4 is 14.8 Å². The second kappa shape index (κ2) is 7.61. The highest BCUT2D eigenvalue weighted by atomic mass is 16.5. The fourth-order valence-electron chi connectivity index (χ4n) is 3.85. The SMILES string of the molecule is Cc1cccc(NC(=O)CN2CCc3cc4c(cc3[C@@H]2C)OCCCO4)c1. The molecule has 2 aromatic carbocycles. The van der Waals surface area contributed by atoms with Crippen LogP contribution in [0.3, 0.4) is 0 Å². The minimum Gasteiger partial charge on any atom is -0.490 e. The molecule has 0 saturated heterocycles. The van der Waals surface area contributed by atoms with Gasteiger partial charge in [-0.05, 0) is 61.2 Å². The highest BCUT2D eigenvalue weighted by Crippen LogP contribution is 2.39. The van der Waals surface area contributed by atoms with Gasteiger partial charge in [0.05, 0.1) is 19.8 Å². The number of fused-ring (bicyclic) bond motifs is 2. The van der Waals surface area contributed by atoms with E-state index in [-0.39, 0.29) is 11.9 Å². The van der Waals surface area contributed by atoms with E-state index >= 15 is 0 Å². The number of nitrogens with one attached hydrogen (secondary N) is 1.